The Morgan fingerprint density at radius 2 is 0.533 bits per heavy atom. The Kier molecular flexibility index (Phi) is 58.9. The zero-order chi connectivity index (χ0) is 54.3. The third-order valence-electron chi connectivity index (χ3n) is 12.9. The van der Waals surface area contributed by atoms with E-state index >= 15 is 0 Å². The van der Waals surface area contributed by atoms with E-state index in [-0.39, 0.29) is 31.1 Å². The zero-order valence-corrected chi connectivity index (χ0v) is 48.8. The van der Waals surface area contributed by atoms with Gasteiger partial charge in [0.05, 0.1) is 0 Å². The predicted molar refractivity (Wildman–Crippen MR) is 325 cm³/mol. The minimum absolute atomic E-state index is 0.0957. The highest BCUT2D eigenvalue weighted by Crippen LogP contribution is 2.14. The van der Waals surface area contributed by atoms with E-state index in [2.05, 4.69) is 142 Å². The summed E-state index contributed by atoms with van der Waals surface area (Å²) >= 11 is 0. The molecule has 0 bridgehead atoms. The Labute approximate surface area is 462 Å². The van der Waals surface area contributed by atoms with Gasteiger partial charge in [-0.2, -0.15) is 0 Å². The highest BCUT2D eigenvalue weighted by atomic mass is 16.6. The number of allylic oxidation sites excluding steroid dienone is 20. The van der Waals surface area contributed by atoms with E-state index < -0.39 is 6.10 Å². The normalized spacial score (nSPS) is 12.9. The largest absolute Gasteiger partial charge is 0.462 e. The standard InChI is InChI=1S/C69H114O6/c1-4-7-10-13-16-19-22-25-28-30-32-33-34-35-36-37-38-40-41-44-47-50-53-56-59-62-68(71)74-65-66(64-73-67(70)61-58-55-52-49-46-43-27-24-21-18-15-12-9-6-3)75-69(72)63-60-57-54-51-48-45-42-39-31-29-26-23-20-17-14-11-8-5-2/h7,10,15-16,18-20,23-25,27-29,31-33,35-36,38,40,66H,4-6,8-9,11-14,17,21-22,26,30,34,37,39,41-65H2,1-3H3/b10-7-,18-15-,19-16-,23-20-,27-24-,28-25-,31-29-,33-32-,36-35-,40-38-. The molecule has 0 heterocycles. The number of esters is 3. The summed E-state index contributed by atoms with van der Waals surface area (Å²) < 4.78 is 16.9. The van der Waals surface area contributed by atoms with Crippen LogP contribution >= 0.6 is 0 Å². The minimum Gasteiger partial charge on any atom is -0.462 e. The molecule has 0 aromatic carbocycles. The van der Waals surface area contributed by atoms with Gasteiger partial charge in [0.15, 0.2) is 6.10 Å². The van der Waals surface area contributed by atoms with Crippen LogP contribution in [-0.2, 0) is 28.6 Å². The van der Waals surface area contributed by atoms with E-state index in [0.29, 0.717) is 19.3 Å². The van der Waals surface area contributed by atoms with Gasteiger partial charge in [-0.25, -0.2) is 0 Å². The van der Waals surface area contributed by atoms with Crippen molar-refractivity contribution in [1.29, 1.82) is 0 Å². The molecule has 0 aromatic heterocycles. The molecular formula is C69H114O6. The molecule has 0 saturated heterocycles. The van der Waals surface area contributed by atoms with Gasteiger partial charge in [0.25, 0.3) is 0 Å². The Bertz CT molecular complexity index is 1570. The van der Waals surface area contributed by atoms with Gasteiger partial charge in [-0.05, 0) is 128 Å². The number of rotatable bonds is 55. The van der Waals surface area contributed by atoms with Gasteiger partial charge in [-0.1, -0.05) is 251 Å². The fraction of sp³-hybridized carbons (Fsp3) is 0.667. The molecule has 0 spiro atoms. The molecule has 6 heteroatoms. The van der Waals surface area contributed by atoms with Gasteiger partial charge in [0, 0.05) is 19.3 Å². The number of hydrogen-bond donors (Lipinski definition) is 0. The van der Waals surface area contributed by atoms with Crippen molar-refractivity contribution in [3.63, 3.8) is 0 Å². The van der Waals surface area contributed by atoms with Crippen molar-refractivity contribution in [1.82, 2.24) is 0 Å². The molecule has 0 aliphatic carbocycles. The number of unbranched alkanes of at least 4 members (excludes halogenated alkanes) is 24. The number of carbonyl (C=O) groups is 3. The lowest BCUT2D eigenvalue weighted by Crippen LogP contribution is -2.30. The molecule has 0 fully saturated rings. The van der Waals surface area contributed by atoms with Gasteiger partial charge in [0.2, 0.25) is 0 Å². The Hall–Kier alpha value is -4.19. The maximum absolute atomic E-state index is 12.9. The average molecular weight is 1040 g/mol. The molecule has 0 aliphatic rings. The first-order valence-corrected chi connectivity index (χ1v) is 31.0. The quantitative estimate of drug-likeness (QED) is 0.0261. The van der Waals surface area contributed by atoms with E-state index in [4.69, 9.17) is 14.2 Å². The second-order valence-corrected chi connectivity index (χ2v) is 20.2. The zero-order valence-electron chi connectivity index (χ0n) is 48.8. The van der Waals surface area contributed by atoms with Crippen molar-refractivity contribution in [2.75, 3.05) is 13.2 Å². The third-order valence-corrected chi connectivity index (χ3v) is 12.9. The summed E-state index contributed by atoms with van der Waals surface area (Å²) in [6.45, 7) is 6.45. The molecule has 6 nitrogen and oxygen atoms in total. The monoisotopic (exact) mass is 1040 g/mol. The van der Waals surface area contributed by atoms with E-state index in [9.17, 15) is 14.4 Å². The number of carbonyl (C=O) groups excluding carboxylic acids is 3. The fourth-order valence-electron chi connectivity index (χ4n) is 8.26. The van der Waals surface area contributed by atoms with E-state index in [0.717, 1.165) is 148 Å². The van der Waals surface area contributed by atoms with Crippen LogP contribution in [0.1, 0.15) is 278 Å². The van der Waals surface area contributed by atoms with Crippen LogP contribution in [0.3, 0.4) is 0 Å². The van der Waals surface area contributed by atoms with Crippen LogP contribution in [0.5, 0.6) is 0 Å². The summed E-state index contributed by atoms with van der Waals surface area (Å²) in [5.74, 6) is -0.929. The van der Waals surface area contributed by atoms with Crippen LogP contribution in [0.15, 0.2) is 122 Å². The van der Waals surface area contributed by atoms with Crippen molar-refractivity contribution in [2.45, 2.75) is 284 Å². The van der Waals surface area contributed by atoms with Crippen molar-refractivity contribution in [3.8, 4) is 0 Å². The SMILES string of the molecule is CC/C=C\C/C=C\C/C=C\C/C=C\C/C=C\C/C=C\CCCCCCCCC(=O)OCC(COC(=O)CCCCCCC/C=C\C/C=C\CCCC)OC(=O)CCCCCCCCC/C=C\C/C=C\CCCCCC. The molecule has 0 aliphatic heterocycles. The first-order chi connectivity index (χ1) is 37.0. The molecular weight excluding hydrogens is 925 g/mol. The van der Waals surface area contributed by atoms with Crippen LogP contribution in [0.2, 0.25) is 0 Å². The van der Waals surface area contributed by atoms with Crippen molar-refractivity contribution >= 4 is 17.9 Å². The van der Waals surface area contributed by atoms with E-state index in [1.165, 1.54) is 89.9 Å². The summed E-state index contributed by atoms with van der Waals surface area (Å²) in [6, 6.07) is 0. The molecule has 0 saturated carbocycles. The van der Waals surface area contributed by atoms with Crippen LogP contribution in [0.4, 0.5) is 0 Å². The van der Waals surface area contributed by atoms with Crippen LogP contribution in [-0.4, -0.2) is 37.2 Å². The van der Waals surface area contributed by atoms with Crippen molar-refractivity contribution < 1.29 is 28.6 Å². The maximum atomic E-state index is 12.9. The lowest BCUT2D eigenvalue weighted by atomic mass is 10.1. The van der Waals surface area contributed by atoms with Crippen LogP contribution in [0, 0.1) is 0 Å². The Balaban J connectivity index is 4.42. The second-order valence-electron chi connectivity index (χ2n) is 20.2. The number of ether oxygens (including phenoxy) is 3. The maximum Gasteiger partial charge on any atom is 0.306 e. The van der Waals surface area contributed by atoms with Gasteiger partial charge < -0.3 is 14.2 Å². The summed E-state index contributed by atoms with van der Waals surface area (Å²) in [4.78, 5) is 38.3. The average Bonchev–Trinajstić information content (AvgIpc) is 3.41. The molecule has 0 aromatic rings. The molecule has 426 valence electrons. The fourth-order valence-corrected chi connectivity index (χ4v) is 8.26. The third kappa shape index (κ3) is 60.6. The van der Waals surface area contributed by atoms with Crippen LogP contribution in [0.25, 0.3) is 0 Å². The highest BCUT2D eigenvalue weighted by molar-refractivity contribution is 5.71. The smallest absolute Gasteiger partial charge is 0.306 e. The summed E-state index contributed by atoms with van der Waals surface area (Å²) in [7, 11) is 0. The lowest BCUT2D eigenvalue weighted by Gasteiger charge is -2.18. The molecule has 75 heavy (non-hydrogen) atoms. The first kappa shape index (κ1) is 70.8. The van der Waals surface area contributed by atoms with E-state index in [1.54, 1.807) is 0 Å². The first-order valence-electron chi connectivity index (χ1n) is 31.0. The Morgan fingerprint density at radius 3 is 0.853 bits per heavy atom. The summed E-state index contributed by atoms with van der Waals surface area (Å²) in [5.41, 5.74) is 0. The molecule has 0 N–H and O–H groups in total. The molecule has 1 atom stereocenters. The van der Waals surface area contributed by atoms with Crippen molar-refractivity contribution in [3.05, 3.63) is 122 Å². The van der Waals surface area contributed by atoms with E-state index in [1.807, 2.05) is 0 Å². The molecule has 0 rings (SSSR count). The Morgan fingerprint density at radius 1 is 0.280 bits per heavy atom. The predicted octanol–water partition coefficient (Wildman–Crippen LogP) is 21.2. The lowest BCUT2D eigenvalue weighted by molar-refractivity contribution is -0.167. The van der Waals surface area contributed by atoms with Gasteiger partial charge in [-0.3, -0.25) is 14.4 Å². The summed E-state index contributed by atoms with van der Waals surface area (Å²) in [6.07, 6.45) is 86.2. The second kappa shape index (κ2) is 62.4. The topological polar surface area (TPSA) is 78.9 Å². The minimum atomic E-state index is -0.799. The van der Waals surface area contributed by atoms with Gasteiger partial charge in [0.1, 0.15) is 13.2 Å². The number of hydrogen-bond acceptors (Lipinski definition) is 6. The van der Waals surface area contributed by atoms with Gasteiger partial charge >= 0.3 is 17.9 Å². The van der Waals surface area contributed by atoms with Crippen LogP contribution < -0.4 is 0 Å². The molecule has 1 unspecified atom stereocenters. The molecule has 0 radical (unpaired) electrons. The van der Waals surface area contributed by atoms with Gasteiger partial charge in [-0.15, -0.1) is 0 Å². The molecule has 0 amide bonds. The summed E-state index contributed by atoms with van der Waals surface area (Å²) in [5, 5.41) is 0. The highest BCUT2D eigenvalue weighted by Gasteiger charge is 2.19. The van der Waals surface area contributed by atoms with Crippen molar-refractivity contribution in [2.24, 2.45) is 0 Å².